The van der Waals surface area contributed by atoms with Crippen LogP contribution in [0.15, 0.2) is 48.5 Å². The van der Waals surface area contributed by atoms with Gasteiger partial charge in [-0.25, -0.2) is 0 Å². The van der Waals surface area contributed by atoms with Crippen LogP contribution in [0.3, 0.4) is 0 Å². The lowest BCUT2D eigenvalue weighted by Crippen LogP contribution is -2.08. The first-order chi connectivity index (χ1) is 9.69. The fourth-order valence-corrected chi connectivity index (χ4v) is 1.76. The van der Waals surface area contributed by atoms with Crippen molar-refractivity contribution < 1.29 is 19.4 Å². The molecule has 0 atom stereocenters. The molecule has 0 bridgehead atoms. The van der Waals surface area contributed by atoms with E-state index in [4.69, 9.17) is 4.74 Å². The first-order valence-electron chi connectivity index (χ1n) is 6.15. The van der Waals surface area contributed by atoms with Crippen LogP contribution < -0.4 is 0 Å². The fourth-order valence-electron chi connectivity index (χ4n) is 1.76. The minimum Gasteiger partial charge on any atom is -0.507 e. The topological polar surface area (TPSA) is 63.6 Å². The van der Waals surface area contributed by atoms with Gasteiger partial charge < -0.3 is 9.84 Å². The van der Waals surface area contributed by atoms with E-state index in [1.807, 2.05) is 30.3 Å². The Balaban J connectivity index is 1.93. The number of aromatic hydroxyl groups is 1. The number of carbonyl (C=O) groups is 2. The van der Waals surface area contributed by atoms with Gasteiger partial charge in [-0.1, -0.05) is 36.4 Å². The second kappa shape index (κ2) is 6.52. The standard InChI is InChI=1S/C16H14O4/c17-10-14-8-13(6-7-15(14)18)9-16(19)20-11-12-4-2-1-3-5-12/h1-8,10,18H,9,11H2. The van der Waals surface area contributed by atoms with Crippen LogP contribution in [-0.4, -0.2) is 17.4 Å². The Labute approximate surface area is 116 Å². The first-order valence-corrected chi connectivity index (χ1v) is 6.15. The molecule has 2 rings (SSSR count). The van der Waals surface area contributed by atoms with E-state index in [1.165, 1.54) is 12.1 Å². The molecule has 1 N–H and O–H groups in total. The summed E-state index contributed by atoms with van der Waals surface area (Å²) in [6, 6.07) is 13.8. The molecule has 0 aliphatic heterocycles. The van der Waals surface area contributed by atoms with Gasteiger partial charge in [0.15, 0.2) is 6.29 Å². The van der Waals surface area contributed by atoms with Crippen LogP contribution >= 0.6 is 0 Å². The second-order valence-electron chi connectivity index (χ2n) is 4.33. The number of hydrogen-bond acceptors (Lipinski definition) is 4. The van der Waals surface area contributed by atoms with Gasteiger partial charge in [0.2, 0.25) is 0 Å². The van der Waals surface area contributed by atoms with E-state index >= 15 is 0 Å². The van der Waals surface area contributed by atoms with Crippen LogP contribution in [0.2, 0.25) is 0 Å². The van der Waals surface area contributed by atoms with Crippen LogP contribution in [0, 0.1) is 0 Å². The molecule has 2 aromatic carbocycles. The Kier molecular flexibility index (Phi) is 4.50. The van der Waals surface area contributed by atoms with Gasteiger partial charge in [0.1, 0.15) is 12.4 Å². The zero-order chi connectivity index (χ0) is 14.4. The first kappa shape index (κ1) is 13.8. The molecular formula is C16H14O4. The SMILES string of the molecule is O=Cc1cc(CC(=O)OCc2ccccc2)ccc1O. The van der Waals surface area contributed by atoms with Crippen molar-refractivity contribution in [2.75, 3.05) is 0 Å². The maximum absolute atomic E-state index is 11.7. The number of aldehydes is 1. The molecule has 4 heteroatoms. The lowest BCUT2D eigenvalue weighted by atomic mass is 10.1. The zero-order valence-corrected chi connectivity index (χ0v) is 10.8. The van der Waals surface area contributed by atoms with Crippen LogP contribution in [0.5, 0.6) is 5.75 Å². The highest BCUT2D eigenvalue weighted by molar-refractivity contribution is 5.80. The molecular weight excluding hydrogens is 256 g/mol. The number of benzene rings is 2. The molecule has 0 saturated heterocycles. The normalized spacial score (nSPS) is 10.0. The van der Waals surface area contributed by atoms with Gasteiger partial charge in [-0.3, -0.25) is 9.59 Å². The molecule has 4 nitrogen and oxygen atoms in total. The summed E-state index contributed by atoms with van der Waals surface area (Å²) in [5.74, 6) is -0.474. The van der Waals surface area contributed by atoms with Gasteiger partial charge in [0.05, 0.1) is 12.0 Å². The van der Waals surface area contributed by atoms with Gasteiger partial charge in [-0.2, -0.15) is 0 Å². The summed E-state index contributed by atoms with van der Waals surface area (Å²) in [4.78, 5) is 22.4. The van der Waals surface area contributed by atoms with E-state index in [2.05, 4.69) is 0 Å². The number of carbonyl (C=O) groups excluding carboxylic acids is 2. The van der Waals surface area contributed by atoms with Crippen LogP contribution in [-0.2, 0) is 22.6 Å². The van der Waals surface area contributed by atoms with Gasteiger partial charge in [-0.05, 0) is 23.3 Å². The van der Waals surface area contributed by atoms with Crippen LogP contribution in [0.1, 0.15) is 21.5 Å². The van der Waals surface area contributed by atoms with Crippen molar-refractivity contribution in [2.24, 2.45) is 0 Å². The Morgan fingerprint density at radius 2 is 1.85 bits per heavy atom. The quantitative estimate of drug-likeness (QED) is 0.669. The van der Waals surface area contributed by atoms with E-state index in [0.29, 0.717) is 11.8 Å². The summed E-state index contributed by atoms with van der Waals surface area (Å²) in [7, 11) is 0. The number of esters is 1. The minimum absolute atomic E-state index is 0.0634. The van der Waals surface area contributed by atoms with Gasteiger partial charge in [0, 0.05) is 0 Å². The largest absolute Gasteiger partial charge is 0.507 e. The van der Waals surface area contributed by atoms with E-state index in [9.17, 15) is 14.7 Å². The molecule has 0 fully saturated rings. The maximum Gasteiger partial charge on any atom is 0.310 e. The Hall–Kier alpha value is -2.62. The number of phenolic OH excluding ortho intramolecular Hbond substituents is 1. The molecule has 0 aliphatic rings. The smallest absolute Gasteiger partial charge is 0.310 e. The number of phenols is 1. The summed E-state index contributed by atoms with van der Waals surface area (Å²) in [6.45, 7) is 0.221. The molecule has 0 unspecified atom stereocenters. The van der Waals surface area contributed by atoms with E-state index in [-0.39, 0.29) is 30.3 Å². The minimum atomic E-state index is -0.378. The average Bonchev–Trinajstić information content (AvgIpc) is 2.48. The molecule has 0 saturated carbocycles. The zero-order valence-electron chi connectivity index (χ0n) is 10.8. The predicted molar refractivity (Wildman–Crippen MR) is 73.4 cm³/mol. The molecule has 0 aliphatic carbocycles. The van der Waals surface area contributed by atoms with E-state index in [1.54, 1.807) is 6.07 Å². The molecule has 102 valence electrons. The maximum atomic E-state index is 11.7. The van der Waals surface area contributed by atoms with Gasteiger partial charge >= 0.3 is 5.97 Å². The van der Waals surface area contributed by atoms with Crippen molar-refractivity contribution in [3.05, 3.63) is 65.2 Å². The summed E-state index contributed by atoms with van der Waals surface area (Å²) in [6.07, 6.45) is 0.613. The lowest BCUT2D eigenvalue weighted by Gasteiger charge is -2.06. The van der Waals surface area contributed by atoms with Crippen LogP contribution in [0.25, 0.3) is 0 Å². The summed E-state index contributed by atoms with van der Waals surface area (Å²) in [5, 5.41) is 9.37. The molecule has 0 spiro atoms. The number of rotatable bonds is 5. The molecule has 0 amide bonds. The highest BCUT2D eigenvalue weighted by atomic mass is 16.5. The van der Waals surface area contributed by atoms with Crippen molar-refractivity contribution >= 4 is 12.3 Å². The monoisotopic (exact) mass is 270 g/mol. The van der Waals surface area contributed by atoms with Crippen molar-refractivity contribution in [3.8, 4) is 5.75 Å². The molecule has 20 heavy (non-hydrogen) atoms. The third-order valence-electron chi connectivity index (χ3n) is 2.81. The Morgan fingerprint density at radius 1 is 1.10 bits per heavy atom. The molecule has 0 aromatic heterocycles. The van der Waals surface area contributed by atoms with Gasteiger partial charge in [0.25, 0.3) is 0 Å². The predicted octanol–water partition coefficient (Wildman–Crippen LogP) is 2.49. The third-order valence-corrected chi connectivity index (χ3v) is 2.81. The second-order valence-corrected chi connectivity index (χ2v) is 4.33. The van der Waals surface area contributed by atoms with E-state index < -0.39 is 0 Å². The van der Waals surface area contributed by atoms with Crippen LogP contribution in [0.4, 0.5) is 0 Å². The summed E-state index contributed by atoms with van der Waals surface area (Å²) in [5.41, 5.74) is 1.71. The Bertz CT molecular complexity index is 605. The molecule has 0 radical (unpaired) electrons. The number of ether oxygens (including phenoxy) is 1. The van der Waals surface area contributed by atoms with E-state index in [0.717, 1.165) is 5.56 Å². The van der Waals surface area contributed by atoms with Crippen molar-refractivity contribution in [2.45, 2.75) is 13.0 Å². The van der Waals surface area contributed by atoms with Crippen molar-refractivity contribution in [1.82, 2.24) is 0 Å². The highest BCUT2D eigenvalue weighted by Crippen LogP contribution is 2.17. The molecule has 2 aromatic rings. The van der Waals surface area contributed by atoms with Gasteiger partial charge in [-0.15, -0.1) is 0 Å². The molecule has 0 heterocycles. The highest BCUT2D eigenvalue weighted by Gasteiger charge is 2.08. The average molecular weight is 270 g/mol. The summed E-state index contributed by atoms with van der Waals surface area (Å²) >= 11 is 0. The fraction of sp³-hybridized carbons (Fsp3) is 0.125. The Morgan fingerprint density at radius 3 is 2.55 bits per heavy atom. The third kappa shape index (κ3) is 3.68. The van der Waals surface area contributed by atoms with Crippen molar-refractivity contribution in [1.29, 1.82) is 0 Å². The van der Waals surface area contributed by atoms with Crippen molar-refractivity contribution in [3.63, 3.8) is 0 Å². The summed E-state index contributed by atoms with van der Waals surface area (Å²) < 4.78 is 5.15. The number of hydrogen-bond donors (Lipinski definition) is 1. The lowest BCUT2D eigenvalue weighted by molar-refractivity contribution is -0.144.